The fourth-order valence-corrected chi connectivity index (χ4v) is 3.70. The van der Waals surface area contributed by atoms with Crippen LogP contribution >= 0.6 is 11.3 Å². The van der Waals surface area contributed by atoms with E-state index in [2.05, 4.69) is 48.5 Å². The van der Waals surface area contributed by atoms with Gasteiger partial charge in [-0.05, 0) is 37.5 Å². The lowest BCUT2D eigenvalue weighted by atomic mass is 9.92. The predicted molar refractivity (Wildman–Crippen MR) is 84.4 cm³/mol. The summed E-state index contributed by atoms with van der Waals surface area (Å²) in [6.45, 7) is 6.40. The lowest BCUT2D eigenvalue weighted by Gasteiger charge is -2.17. The minimum absolute atomic E-state index is 0.000191. The number of hydrogen-bond donors (Lipinski definition) is 1. The smallest absolute Gasteiger partial charge is 0.193 e. The number of rotatable bonds is 3. The van der Waals surface area contributed by atoms with Gasteiger partial charge in [0.2, 0.25) is 0 Å². The van der Waals surface area contributed by atoms with Crippen molar-refractivity contribution >= 4 is 16.3 Å². The molecule has 0 fully saturated rings. The second kappa shape index (κ2) is 5.04. The van der Waals surface area contributed by atoms with E-state index in [0.29, 0.717) is 0 Å². The van der Waals surface area contributed by atoms with Crippen LogP contribution in [0.2, 0.25) is 0 Å². The van der Waals surface area contributed by atoms with E-state index in [1.54, 1.807) is 11.3 Å². The molecule has 104 valence electrons. The molecule has 1 atom stereocenters. The van der Waals surface area contributed by atoms with Crippen molar-refractivity contribution in [2.75, 3.05) is 0 Å². The molecule has 4 heteroatoms. The molecule has 2 N–H and O–H groups in total. The first-order chi connectivity index (χ1) is 9.54. The minimum atomic E-state index is 0.000191. The van der Waals surface area contributed by atoms with Gasteiger partial charge in [0, 0.05) is 30.2 Å². The van der Waals surface area contributed by atoms with Crippen LogP contribution in [0.4, 0.5) is 0 Å². The zero-order valence-corrected chi connectivity index (χ0v) is 12.9. The van der Waals surface area contributed by atoms with Crippen LogP contribution in [0, 0.1) is 20.8 Å². The van der Waals surface area contributed by atoms with Crippen molar-refractivity contribution in [1.82, 2.24) is 9.38 Å². The molecule has 20 heavy (non-hydrogen) atoms. The number of thiazole rings is 1. The molecule has 0 radical (unpaired) electrons. The highest BCUT2D eigenvalue weighted by atomic mass is 32.1. The van der Waals surface area contributed by atoms with E-state index in [1.165, 1.54) is 22.3 Å². The zero-order valence-electron chi connectivity index (χ0n) is 12.1. The SMILES string of the molecule is Cc1cc(C)c(C(N)Cc2cn3ccsc3n2)c(C)c1. The molecular weight excluding hydrogens is 266 g/mol. The normalized spacial score (nSPS) is 13.0. The van der Waals surface area contributed by atoms with Crippen molar-refractivity contribution in [1.29, 1.82) is 0 Å². The quantitative estimate of drug-likeness (QED) is 0.799. The Morgan fingerprint density at radius 3 is 2.60 bits per heavy atom. The van der Waals surface area contributed by atoms with Crippen LogP contribution in [-0.2, 0) is 6.42 Å². The maximum Gasteiger partial charge on any atom is 0.193 e. The van der Waals surface area contributed by atoms with Crippen molar-refractivity contribution in [3.8, 4) is 0 Å². The molecule has 0 spiro atoms. The molecule has 3 nitrogen and oxygen atoms in total. The minimum Gasteiger partial charge on any atom is -0.324 e. The van der Waals surface area contributed by atoms with Gasteiger partial charge in [-0.25, -0.2) is 4.98 Å². The molecular formula is C16H19N3S. The monoisotopic (exact) mass is 285 g/mol. The van der Waals surface area contributed by atoms with Crippen LogP contribution in [0.5, 0.6) is 0 Å². The van der Waals surface area contributed by atoms with E-state index in [1.807, 2.05) is 11.6 Å². The standard InChI is InChI=1S/C16H19N3S/c1-10-6-11(2)15(12(3)7-10)14(17)8-13-9-19-4-5-20-16(19)18-13/h4-7,9,14H,8,17H2,1-3H3. The number of nitrogens with two attached hydrogens (primary N) is 1. The first kappa shape index (κ1) is 13.3. The van der Waals surface area contributed by atoms with Crippen LogP contribution in [0.15, 0.2) is 29.9 Å². The predicted octanol–water partition coefficient (Wildman–Crippen LogP) is 3.56. The van der Waals surface area contributed by atoms with Crippen LogP contribution in [0.3, 0.4) is 0 Å². The second-order valence-corrected chi connectivity index (χ2v) is 6.32. The highest BCUT2D eigenvalue weighted by molar-refractivity contribution is 7.15. The lowest BCUT2D eigenvalue weighted by Crippen LogP contribution is -2.16. The molecule has 0 aliphatic heterocycles. The molecule has 0 saturated carbocycles. The summed E-state index contributed by atoms with van der Waals surface area (Å²) in [4.78, 5) is 5.65. The van der Waals surface area contributed by atoms with Gasteiger partial charge in [-0.3, -0.25) is 4.40 Å². The van der Waals surface area contributed by atoms with E-state index in [0.717, 1.165) is 17.1 Å². The molecule has 1 aromatic carbocycles. The number of nitrogens with zero attached hydrogens (tertiary/aromatic N) is 2. The Morgan fingerprint density at radius 2 is 1.95 bits per heavy atom. The second-order valence-electron chi connectivity index (χ2n) is 5.45. The maximum absolute atomic E-state index is 6.42. The van der Waals surface area contributed by atoms with Gasteiger partial charge in [-0.1, -0.05) is 17.7 Å². The first-order valence-corrected chi connectivity index (χ1v) is 7.67. The van der Waals surface area contributed by atoms with E-state index < -0.39 is 0 Å². The third kappa shape index (κ3) is 2.37. The molecule has 0 saturated heterocycles. The molecule has 0 aliphatic rings. The summed E-state index contributed by atoms with van der Waals surface area (Å²) in [5.74, 6) is 0. The Bertz CT molecular complexity index is 703. The van der Waals surface area contributed by atoms with Crippen LogP contribution in [0.25, 0.3) is 4.96 Å². The fraction of sp³-hybridized carbons (Fsp3) is 0.312. The Kier molecular flexibility index (Phi) is 3.36. The molecule has 3 aromatic rings. The van der Waals surface area contributed by atoms with Gasteiger partial charge < -0.3 is 5.73 Å². The van der Waals surface area contributed by atoms with Crippen molar-refractivity contribution in [2.45, 2.75) is 33.2 Å². The summed E-state index contributed by atoms with van der Waals surface area (Å²) in [5, 5.41) is 2.04. The van der Waals surface area contributed by atoms with Gasteiger partial charge in [-0.2, -0.15) is 0 Å². The number of benzene rings is 1. The number of imidazole rings is 1. The zero-order chi connectivity index (χ0) is 14.3. The summed E-state index contributed by atoms with van der Waals surface area (Å²) < 4.78 is 2.06. The summed E-state index contributed by atoms with van der Waals surface area (Å²) in [7, 11) is 0. The average molecular weight is 285 g/mol. The first-order valence-electron chi connectivity index (χ1n) is 6.79. The number of aromatic nitrogens is 2. The van der Waals surface area contributed by atoms with Crippen molar-refractivity contribution in [3.63, 3.8) is 0 Å². The van der Waals surface area contributed by atoms with E-state index in [9.17, 15) is 0 Å². The molecule has 0 bridgehead atoms. The van der Waals surface area contributed by atoms with Crippen molar-refractivity contribution < 1.29 is 0 Å². The van der Waals surface area contributed by atoms with E-state index >= 15 is 0 Å². The number of fused-ring (bicyclic) bond motifs is 1. The van der Waals surface area contributed by atoms with Crippen LogP contribution in [0.1, 0.15) is 34.0 Å². The summed E-state index contributed by atoms with van der Waals surface area (Å²) in [6.07, 6.45) is 4.88. The average Bonchev–Trinajstić information content (AvgIpc) is 2.87. The van der Waals surface area contributed by atoms with Crippen molar-refractivity contribution in [3.05, 3.63) is 57.9 Å². The summed E-state index contributed by atoms with van der Waals surface area (Å²) in [6, 6.07) is 4.40. The third-order valence-electron chi connectivity index (χ3n) is 3.68. The van der Waals surface area contributed by atoms with E-state index in [4.69, 9.17) is 5.73 Å². The molecule has 0 amide bonds. The Labute approximate surface area is 123 Å². The number of aryl methyl sites for hydroxylation is 3. The maximum atomic E-state index is 6.42. The van der Waals surface area contributed by atoms with Gasteiger partial charge in [0.15, 0.2) is 4.96 Å². The van der Waals surface area contributed by atoms with Gasteiger partial charge in [0.05, 0.1) is 5.69 Å². The Hall–Kier alpha value is -1.65. The highest BCUT2D eigenvalue weighted by Gasteiger charge is 2.15. The molecule has 2 heterocycles. The highest BCUT2D eigenvalue weighted by Crippen LogP contribution is 2.25. The van der Waals surface area contributed by atoms with Gasteiger partial charge in [-0.15, -0.1) is 11.3 Å². The Balaban J connectivity index is 1.89. The fourth-order valence-electron chi connectivity index (χ4n) is 2.98. The van der Waals surface area contributed by atoms with Gasteiger partial charge >= 0.3 is 0 Å². The Morgan fingerprint density at radius 1 is 1.25 bits per heavy atom. The summed E-state index contributed by atoms with van der Waals surface area (Å²) >= 11 is 1.65. The van der Waals surface area contributed by atoms with Crippen LogP contribution < -0.4 is 5.73 Å². The largest absolute Gasteiger partial charge is 0.324 e. The summed E-state index contributed by atoms with van der Waals surface area (Å²) in [5.41, 5.74) is 12.6. The molecule has 3 rings (SSSR count). The molecule has 0 aliphatic carbocycles. The van der Waals surface area contributed by atoms with Crippen LogP contribution in [-0.4, -0.2) is 9.38 Å². The van der Waals surface area contributed by atoms with Gasteiger partial charge in [0.25, 0.3) is 0 Å². The third-order valence-corrected chi connectivity index (χ3v) is 4.45. The van der Waals surface area contributed by atoms with Gasteiger partial charge in [0.1, 0.15) is 0 Å². The van der Waals surface area contributed by atoms with E-state index in [-0.39, 0.29) is 6.04 Å². The number of hydrogen-bond acceptors (Lipinski definition) is 3. The molecule has 2 aromatic heterocycles. The topological polar surface area (TPSA) is 43.3 Å². The lowest BCUT2D eigenvalue weighted by molar-refractivity contribution is 0.700. The van der Waals surface area contributed by atoms with Crippen molar-refractivity contribution in [2.24, 2.45) is 5.73 Å². The molecule has 1 unspecified atom stereocenters.